The van der Waals surface area contributed by atoms with Gasteiger partial charge < -0.3 is 14.3 Å². The van der Waals surface area contributed by atoms with Gasteiger partial charge in [-0.25, -0.2) is 4.98 Å². The predicted octanol–water partition coefficient (Wildman–Crippen LogP) is 4.63. The number of carbonyl (C=O) groups excluding carboxylic acids is 1. The number of amides is 1. The summed E-state index contributed by atoms with van der Waals surface area (Å²) in [6, 6.07) is 11.8. The van der Waals surface area contributed by atoms with E-state index in [2.05, 4.69) is 23.3 Å². The zero-order chi connectivity index (χ0) is 19.0. The Morgan fingerprint density at radius 2 is 2.07 bits per heavy atom. The van der Waals surface area contributed by atoms with Gasteiger partial charge >= 0.3 is 0 Å². The molecular weight excluding hydrogens is 338 g/mol. The highest BCUT2D eigenvalue weighted by molar-refractivity contribution is 5.96. The Labute approximate surface area is 157 Å². The van der Waals surface area contributed by atoms with Crippen LogP contribution in [0.2, 0.25) is 0 Å². The first-order chi connectivity index (χ1) is 13.0. The molecule has 5 nitrogen and oxygen atoms in total. The first-order valence-electron chi connectivity index (χ1n) is 8.87. The number of nitrogens with one attached hydrogen (secondary N) is 1. The van der Waals surface area contributed by atoms with Crippen LogP contribution >= 0.6 is 0 Å². The SMILES string of the molecule is Cc1ccc2c(CC(=O)Nc3cccc(-c4nccn4C)c3)coc2c1C. The van der Waals surface area contributed by atoms with Crippen LogP contribution in [0.25, 0.3) is 22.4 Å². The van der Waals surface area contributed by atoms with E-state index >= 15 is 0 Å². The highest BCUT2D eigenvalue weighted by Gasteiger charge is 2.13. The molecule has 0 aliphatic heterocycles. The van der Waals surface area contributed by atoms with Crippen LogP contribution in [0, 0.1) is 13.8 Å². The summed E-state index contributed by atoms with van der Waals surface area (Å²) >= 11 is 0. The number of aromatic nitrogens is 2. The molecule has 2 heterocycles. The second-order valence-corrected chi connectivity index (χ2v) is 6.81. The third-order valence-electron chi connectivity index (χ3n) is 4.92. The lowest BCUT2D eigenvalue weighted by atomic mass is 10.0. The molecule has 0 aliphatic carbocycles. The Balaban J connectivity index is 1.54. The fourth-order valence-electron chi connectivity index (χ4n) is 3.28. The standard InChI is InChI=1S/C22H21N3O2/c1-14-7-8-19-17(13-27-21(19)15(14)2)12-20(26)24-18-6-4-5-16(11-18)22-23-9-10-25(22)3/h4-11,13H,12H2,1-3H3,(H,24,26). The topological polar surface area (TPSA) is 60.1 Å². The molecular formula is C22H21N3O2. The number of aryl methyl sites for hydroxylation is 3. The number of benzene rings is 2. The molecule has 2 aromatic carbocycles. The minimum Gasteiger partial charge on any atom is -0.464 e. The van der Waals surface area contributed by atoms with E-state index in [0.717, 1.165) is 39.2 Å². The molecule has 0 saturated carbocycles. The van der Waals surface area contributed by atoms with Crippen molar-refractivity contribution in [3.8, 4) is 11.4 Å². The predicted molar refractivity (Wildman–Crippen MR) is 107 cm³/mol. The molecule has 0 bridgehead atoms. The second kappa shape index (κ2) is 6.76. The number of rotatable bonds is 4. The van der Waals surface area contributed by atoms with Crippen molar-refractivity contribution < 1.29 is 9.21 Å². The zero-order valence-electron chi connectivity index (χ0n) is 15.6. The molecule has 0 aliphatic rings. The van der Waals surface area contributed by atoms with Crippen molar-refractivity contribution in [2.75, 3.05) is 5.32 Å². The van der Waals surface area contributed by atoms with Gasteiger partial charge in [0.15, 0.2) is 0 Å². The van der Waals surface area contributed by atoms with Crippen LogP contribution in [-0.4, -0.2) is 15.5 Å². The molecule has 0 radical (unpaired) electrons. The molecule has 1 N–H and O–H groups in total. The average molecular weight is 359 g/mol. The first-order valence-corrected chi connectivity index (χ1v) is 8.87. The number of carbonyl (C=O) groups is 1. The summed E-state index contributed by atoms with van der Waals surface area (Å²) in [7, 11) is 1.95. The lowest BCUT2D eigenvalue weighted by Crippen LogP contribution is -2.14. The van der Waals surface area contributed by atoms with Gasteiger partial charge in [0.2, 0.25) is 5.91 Å². The summed E-state index contributed by atoms with van der Waals surface area (Å²) in [4.78, 5) is 16.9. The quantitative estimate of drug-likeness (QED) is 0.578. The van der Waals surface area contributed by atoms with Crippen LogP contribution in [0.4, 0.5) is 5.69 Å². The van der Waals surface area contributed by atoms with Crippen molar-refractivity contribution in [1.29, 1.82) is 0 Å². The Morgan fingerprint density at radius 1 is 1.22 bits per heavy atom. The summed E-state index contributed by atoms with van der Waals surface area (Å²) in [5, 5.41) is 3.97. The van der Waals surface area contributed by atoms with E-state index in [0.29, 0.717) is 0 Å². The molecule has 4 rings (SSSR count). The number of furan rings is 1. The molecule has 0 spiro atoms. The molecule has 4 aromatic rings. The molecule has 0 unspecified atom stereocenters. The van der Waals surface area contributed by atoms with E-state index in [1.54, 1.807) is 12.5 Å². The molecule has 1 amide bonds. The van der Waals surface area contributed by atoms with Crippen LogP contribution in [0.1, 0.15) is 16.7 Å². The van der Waals surface area contributed by atoms with Crippen LogP contribution in [0.5, 0.6) is 0 Å². The van der Waals surface area contributed by atoms with Crippen molar-refractivity contribution in [2.45, 2.75) is 20.3 Å². The summed E-state index contributed by atoms with van der Waals surface area (Å²) in [5.41, 5.74) is 5.75. The van der Waals surface area contributed by atoms with Gasteiger partial charge in [-0.1, -0.05) is 24.3 Å². The van der Waals surface area contributed by atoms with Crippen LogP contribution in [0.3, 0.4) is 0 Å². The molecule has 0 atom stereocenters. The number of nitrogens with zero attached hydrogens (tertiary/aromatic N) is 2. The summed E-state index contributed by atoms with van der Waals surface area (Å²) in [5.74, 6) is 0.783. The molecule has 0 fully saturated rings. The van der Waals surface area contributed by atoms with E-state index in [1.807, 2.05) is 55.1 Å². The van der Waals surface area contributed by atoms with Crippen molar-refractivity contribution in [3.05, 3.63) is 71.7 Å². The largest absolute Gasteiger partial charge is 0.464 e. The second-order valence-electron chi connectivity index (χ2n) is 6.81. The minimum atomic E-state index is -0.0760. The first kappa shape index (κ1) is 17.1. The number of hydrogen-bond acceptors (Lipinski definition) is 3. The van der Waals surface area contributed by atoms with Gasteiger partial charge in [-0.2, -0.15) is 0 Å². The van der Waals surface area contributed by atoms with Crippen LogP contribution in [-0.2, 0) is 18.3 Å². The maximum Gasteiger partial charge on any atom is 0.228 e. The summed E-state index contributed by atoms with van der Waals surface area (Å²) < 4.78 is 7.65. The van der Waals surface area contributed by atoms with Crippen molar-refractivity contribution in [3.63, 3.8) is 0 Å². The van der Waals surface area contributed by atoms with Gasteiger partial charge in [0.25, 0.3) is 0 Å². The lowest BCUT2D eigenvalue weighted by molar-refractivity contribution is -0.115. The smallest absolute Gasteiger partial charge is 0.228 e. The normalized spacial score (nSPS) is 11.1. The molecule has 136 valence electrons. The highest BCUT2D eigenvalue weighted by Crippen LogP contribution is 2.27. The maximum absolute atomic E-state index is 12.6. The third kappa shape index (κ3) is 3.24. The van der Waals surface area contributed by atoms with Gasteiger partial charge in [-0.15, -0.1) is 0 Å². The average Bonchev–Trinajstić information content (AvgIpc) is 3.25. The number of imidazole rings is 1. The number of anilines is 1. The molecule has 5 heteroatoms. The summed E-state index contributed by atoms with van der Waals surface area (Å²) in [6.07, 6.45) is 5.60. The number of fused-ring (bicyclic) bond motifs is 1. The Hall–Kier alpha value is -3.34. The fraction of sp³-hybridized carbons (Fsp3) is 0.182. The van der Waals surface area contributed by atoms with E-state index in [9.17, 15) is 4.79 Å². The molecule has 2 aromatic heterocycles. The van der Waals surface area contributed by atoms with Crippen molar-refractivity contribution >= 4 is 22.6 Å². The zero-order valence-corrected chi connectivity index (χ0v) is 15.6. The summed E-state index contributed by atoms with van der Waals surface area (Å²) in [6.45, 7) is 4.09. The lowest BCUT2D eigenvalue weighted by Gasteiger charge is -2.07. The Morgan fingerprint density at radius 3 is 2.85 bits per heavy atom. The van der Waals surface area contributed by atoms with Gasteiger partial charge in [0.05, 0.1) is 12.7 Å². The monoisotopic (exact) mass is 359 g/mol. The number of hydrogen-bond donors (Lipinski definition) is 1. The van der Waals surface area contributed by atoms with Gasteiger partial charge in [-0.05, 0) is 37.1 Å². The molecule has 0 saturated heterocycles. The van der Waals surface area contributed by atoms with E-state index in [1.165, 1.54) is 5.56 Å². The maximum atomic E-state index is 12.6. The van der Waals surface area contributed by atoms with E-state index in [-0.39, 0.29) is 12.3 Å². The van der Waals surface area contributed by atoms with Crippen LogP contribution in [0.15, 0.2) is 59.5 Å². The Bertz CT molecular complexity index is 1140. The highest BCUT2D eigenvalue weighted by atomic mass is 16.3. The van der Waals surface area contributed by atoms with Gasteiger partial charge in [0, 0.05) is 41.6 Å². The van der Waals surface area contributed by atoms with Gasteiger partial charge in [0.1, 0.15) is 11.4 Å². The third-order valence-corrected chi connectivity index (χ3v) is 4.92. The fourth-order valence-corrected chi connectivity index (χ4v) is 3.28. The van der Waals surface area contributed by atoms with Gasteiger partial charge in [-0.3, -0.25) is 4.79 Å². The van der Waals surface area contributed by atoms with E-state index in [4.69, 9.17) is 4.42 Å². The van der Waals surface area contributed by atoms with Crippen molar-refractivity contribution in [2.24, 2.45) is 7.05 Å². The van der Waals surface area contributed by atoms with Crippen LogP contribution < -0.4 is 5.32 Å². The minimum absolute atomic E-state index is 0.0760. The van der Waals surface area contributed by atoms with Crippen molar-refractivity contribution in [1.82, 2.24) is 9.55 Å². The Kier molecular flexibility index (Phi) is 4.28. The van der Waals surface area contributed by atoms with E-state index < -0.39 is 0 Å². The molecule has 27 heavy (non-hydrogen) atoms.